The second kappa shape index (κ2) is 7.04. The maximum Gasteiger partial charge on any atom is 0.342 e. The van der Waals surface area contributed by atoms with Crippen LogP contribution in [0.15, 0.2) is 60.7 Å². The number of ether oxygens (including phenoxy) is 2. The summed E-state index contributed by atoms with van der Waals surface area (Å²) < 4.78 is 10.9. The molecule has 0 aromatic heterocycles. The van der Waals surface area contributed by atoms with E-state index in [0.717, 1.165) is 10.9 Å². The Balaban J connectivity index is 2.01. The minimum absolute atomic E-state index is 0.143. The summed E-state index contributed by atoms with van der Waals surface area (Å²) in [6, 6.07) is 18.5. The molecule has 0 radical (unpaired) electrons. The van der Waals surface area contributed by atoms with Gasteiger partial charge < -0.3 is 14.6 Å². The number of phenols is 1. The fourth-order valence-corrected chi connectivity index (χ4v) is 2.60. The Morgan fingerprint density at radius 3 is 2.38 bits per heavy atom. The highest BCUT2D eigenvalue weighted by Crippen LogP contribution is 2.36. The molecule has 0 amide bonds. The molecule has 0 aliphatic rings. The fraction of sp³-hybridized carbons (Fsp3) is 0.150. The summed E-state index contributed by atoms with van der Waals surface area (Å²) in [7, 11) is 0. The average molecular weight is 322 g/mol. The van der Waals surface area contributed by atoms with Crippen molar-refractivity contribution in [1.29, 1.82) is 0 Å². The number of benzene rings is 3. The first kappa shape index (κ1) is 15.9. The molecule has 4 nitrogen and oxygen atoms in total. The molecular weight excluding hydrogens is 304 g/mol. The monoisotopic (exact) mass is 322 g/mol. The topological polar surface area (TPSA) is 55.8 Å². The van der Waals surface area contributed by atoms with Gasteiger partial charge >= 0.3 is 5.97 Å². The van der Waals surface area contributed by atoms with E-state index in [0.29, 0.717) is 17.7 Å². The van der Waals surface area contributed by atoms with Crippen LogP contribution in [0.25, 0.3) is 10.8 Å². The molecule has 3 aromatic carbocycles. The maximum atomic E-state index is 12.1. The highest BCUT2D eigenvalue weighted by molar-refractivity contribution is 6.08. The van der Waals surface area contributed by atoms with Gasteiger partial charge in [-0.05, 0) is 12.5 Å². The van der Waals surface area contributed by atoms with Crippen molar-refractivity contribution in [2.75, 3.05) is 6.61 Å². The van der Waals surface area contributed by atoms with Crippen LogP contribution in [-0.2, 0) is 11.3 Å². The summed E-state index contributed by atoms with van der Waals surface area (Å²) in [5, 5.41) is 11.7. The Hall–Kier alpha value is -3.01. The largest absolute Gasteiger partial charge is 0.507 e. The van der Waals surface area contributed by atoms with Crippen LogP contribution in [-0.4, -0.2) is 17.7 Å². The van der Waals surface area contributed by atoms with Crippen LogP contribution in [0.1, 0.15) is 22.8 Å². The average Bonchev–Trinajstić information content (AvgIpc) is 2.60. The van der Waals surface area contributed by atoms with Crippen LogP contribution >= 0.6 is 0 Å². The summed E-state index contributed by atoms with van der Waals surface area (Å²) in [6.07, 6.45) is 0. The number of rotatable bonds is 5. The molecular formula is C20H18O4. The van der Waals surface area contributed by atoms with Gasteiger partial charge in [-0.2, -0.15) is 0 Å². The van der Waals surface area contributed by atoms with Crippen molar-refractivity contribution in [3.63, 3.8) is 0 Å². The van der Waals surface area contributed by atoms with Crippen molar-refractivity contribution in [2.24, 2.45) is 0 Å². The van der Waals surface area contributed by atoms with Crippen molar-refractivity contribution >= 4 is 16.7 Å². The molecule has 0 aliphatic heterocycles. The number of esters is 1. The van der Waals surface area contributed by atoms with Crippen LogP contribution in [0.5, 0.6) is 11.5 Å². The van der Waals surface area contributed by atoms with E-state index < -0.39 is 5.97 Å². The molecule has 0 fully saturated rings. The number of aromatic hydroxyl groups is 1. The van der Waals surface area contributed by atoms with Crippen molar-refractivity contribution in [1.82, 2.24) is 0 Å². The highest BCUT2D eigenvalue weighted by atomic mass is 16.5. The van der Waals surface area contributed by atoms with Gasteiger partial charge in [0.2, 0.25) is 0 Å². The number of carbonyl (C=O) groups excluding carboxylic acids is 1. The molecule has 1 N–H and O–H groups in total. The molecule has 0 heterocycles. The molecule has 3 rings (SSSR count). The van der Waals surface area contributed by atoms with Gasteiger partial charge in [0.15, 0.2) is 0 Å². The van der Waals surface area contributed by atoms with E-state index in [1.807, 2.05) is 48.5 Å². The Morgan fingerprint density at radius 2 is 1.67 bits per heavy atom. The molecule has 122 valence electrons. The van der Waals surface area contributed by atoms with Crippen LogP contribution in [0.4, 0.5) is 0 Å². The zero-order valence-electron chi connectivity index (χ0n) is 13.4. The van der Waals surface area contributed by atoms with Gasteiger partial charge in [0.1, 0.15) is 23.7 Å². The second-order valence-electron chi connectivity index (χ2n) is 5.31. The molecule has 0 saturated carbocycles. The molecule has 0 aliphatic carbocycles. The van der Waals surface area contributed by atoms with E-state index in [1.54, 1.807) is 13.0 Å². The predicted molar refractivity (Wildman–Crippen MR) is 92.3 cm³/mol. The standard InChI is InChI=1S/C20H18O4/c1-2-23-20(22)19-16-11-7-6-10-15(16)18(12-17(19)21)24-13-14-8-4-3-5-9-14/h3-12,21H,2,13H2,1H3. The first-order chi connectivity index (χ1) is 11.7. The lowest BCUT2D eigenvalue weighted by atomic mass is 10.0. The highest BCUT2D eigenvalue weighted by Gasteiger charge is 2.19. The van der Waals surface area contributed by atoms with Crippen LogP contribution in [0.2, 0.25) is 0 Å². The molecule has 0 spiro atoms. The summed E-state index contributed by atoms with van der Waals surface area (Å²) >= 11 is 0. The van der Waals surface area contributed by atoms with Gasteiger partial charge in [-0.25, -0.2) is 4.79 Å². The lowest BCUT2D eigenvalue weighted by Gasteiger charge is -2.14. The quantitative estimate of drug-likeness (QED) is 0.712. The number of hydrogen-bond donors (Lipinski definition) is 1. The second-order valence-corrected chi connectivity index (χ2v) is 5.31. The fourth-order valence-electron chi connectivity index (χ4n) is 2.60. The first-order valence-electron chi connectivity index (χ1n) is 7.79. The third-order valence-electron chi connectivity index (χ3n) is 3.70. The first-order valence-corrected chi connectivity index (χ1v) is 7.79. The van der Waals surface area contributed by atoms with E-state index in [2.05, 4.69) is 0 Å². The van der Waals surface area contributed by atoms with E-state index >= 15 is 0 Å². The molecule has 0 unspecified atom stereocenters. The van der Waals surface area contributed by atoms with Crippen LogP contribution in [0.3, 0.4) is 0 Å². The summed E-state index contributed by atoms with van der Waals surface area (Å²) in [5.41, 5.74) is 1.19. The third kappa shape index (κ3) is 3.18. The molecule has 4 heteroatoms. The Morgan fingerprint density at radius 1 is 1.00 bits per heavy atom. The van der Waals surface area contributed by atoms with Crippen molar-refractivity contribution < 1.29 is 19.4 Å². The van der Waals surface area contributed by atoms with E-state index in [-0.39, 0.29) is 17.9 Å². The van der Waals surface area contributed by atoms with Gasteiger partial charge in [-0.3, -0.25) is 0 Å². The molecule has 0 atom stereocenters. The number of fused-ring (bicyclic) bond motifs is 1. The van der Waals surface area contributed by atoms with Gasteiger partial charge in [-0.15, -0.1) is 0 Å². The normalized spacial score (nSPS) is 10.5. The van der Waals surface area contributed by atoms with Crippen LogP contribution < -0.4 is 4.74 Å². The van der Waals surface area contributed by atoms with E-state index in [9.17, 15) is 9.90 Å². The molecule has 0 bridgehead atoms. The Bertz CT molecular complexity index is 856. The summed E-state index contributed by atoms with van der Waals surface area (Å²) in [5.74, 6) is -0.156. The van der Waals surface area contributed by atoms with Gasteiger partial charge in [0.25, 0.3) is 0 Å². The lowest BCUT2D eigenvalue weighted by Crippen LogP contribution is -2.06. The van der Waals surface area contributed by atoms with E-state index in [4.69, 9.17) is 9.47 Å². The third-order valence-corrected chi connectivity index (χ3v) is 3.70. The molecule has 0 saturated heterocycles. The predicted octanol–water partition coefficient (Wildman–Crippen LogP) is 4.30. The number of phenolic OH excluding ortho intramolecular Hbond substituents is 1. The lowest BCUT2D eigenvalue weighted by molar-refractivity contribution is 0.0525. The van der Waals surface area contributed by atoms with Gasteiger partial charge in [-0.1, -0.05) is 54.6 Å². The smallest absolute Gasteiger partial charge is 0.342 e. The minimum atomic E-state index is -0.541. The zero-order valence-corrected chi connectivity index (χ0v) is 13.4. The minimum Gasteiger partial charge on any atom is -0.507 e. The summed E-state index contributed by atoms with van der Waals surface area (Å²) in [4.78, 5) is 12.1. The maximum absolute atomic E-state index is 12.1. The molecule has 3 aromatic rings. The Kier molecular flexibility index (Phi) is 4.66. The summed E-state index contributed by atoms with van der Waals surface area (Å²) in [6.45, 7) is 2.36. The van der Waals surface area contributed by atoms with E-state index in [1.165, 1.54) is 6.07 Å². The number of hydrogen-bond acceptors (Lipinski definition) is 4. The van der Waals surface area contributed by atoms with Gasteiger partial charge in [0.05, 0.1) is 6.61 Å². The van der Waals surface area contributed by atoms with Gasteiger partial charge in [0, 0.05) is 16.8 Å². The van der Waals surface area contributed by atoms with Crippen molar-refractivity contribution in [3.05, 3.63) is 71.8 Å². The number of carbonyl (C=O) groups is 1. The Labute approximate surface area is 140 Å². The molecule has 24 heavy (non-hydrogen) atoms. The zero-order chi connectivity index (χ0) is 16.9. The SMILES string of the molecule is CCOC(=O)c1c(O)cc(OCc2ccccc2)c2ccccc12. The van der Waals surface area contributed by atoms with Crippen LogP contribution in [0, 0.1) is 0 Å². The van der Waals surface area contributed by atoms with Crippen molar-refractivity contribution in [2.45, 2.75) is 13.5 Å². The van der Waals surface area contributed by atoms with Crippen molar-refractivity contribution in [3.8, 4) is 11.5 Å².